The van der Waals surface area contributed by atoms with Crippen molar-refractivity contribution in [3.05, 3.63) is 94.4 Å². The first-order valence-electron chi connectivity index (χ1n) is 8.82. The summed E-state index contributed by atoms with van der Waals surface area (Å²) in [7, 11) is 0. The summed E-state index contributed by atoms with van der Waals surface area (Å²) in [4.78, 5) is 16.9. The highest BCUT2D eigenvalue weighted by Gasteiger charge is 2.20. The molecule has 2 N–H and O–H groups in total. The predicted molar refractivity (Wildman–Crippen MR) is 113 cm³/mol. The number of carbonyl (C=O) groups is 1. The van der Waals surface area contributed by atoms with Crippen LogP contribution in [0.2, 0.25) is 0 Å². The molecule has 2 aromatic heterocycles. The Morgan fingerprint density at radius 3 is 2.57 bits per heavy atom. The van der Waals surface area contributed by atoms with Gasteiger partial charge in [0.25, 0.3) is 5.91 Å². The van der Waals surface area contributed by atoms with Crippen molar-refractivity contribution < 1.29 is 9.21 Å². The van der Waals surface area contributed by atoms with E-state index >= 15 is 0 Å². The van der Waals surface area contributed by atoms with Gasteiger partial charge in [-0.25, -0.2) is 4.98 Å². The first-order valence-corrected chi connectivity index (χ1v) is 9.62. The maximum absolute atomic E-state index is 12.7. The fourth-order valence-electron chi connectivity index (χ4n) is 2.85. The van der Waals surface area contributed by atoms with Crippen LogP contribution in [0.5, 0.6) is 0 Å². The number of pyridine rings is 1. The van der Waals surface area contributed by atoms with Gasteiger partial charge in [-0.15, -0.1) is 0 Å². The number of halogens is 1. The van der Waals surface area contributed by atoms with Crippen LogP contribution in [0.3, 0.4) is 0 Å². The second-order valence-corrected chi connectivity index (χ2v) is 7.38. The van der Waals surface area contributed by atoms with E-state index in [1.807, 2.05) is 61.5 Å². The van der Waals surface area contributed by atoms with Gasteiger partial charge in [-0.05, 0) is 59.3 Å². The van der Waals surface area contributed by atoms with E-state index in [-0.39, 0.29) is 5.91 Å². The first kappa shape index (κ1) is 18.3. The molecule has 2 heterocycles. The maximum Gasteiger partial charge on any atom is 0.271 e. The lowest BCUT2D eigenvalue weighted by Gasteiger charge is -2.19. The summed E-state index contributed by atoms with van der Waals surface area (Å²) in [6.45, 7) is 2.03. The Hall–Kier alpha value is -3.12. The first-order chi connectivity index (χ1) is 13.6. The van der Waals surface area contributed by atoms with Gasteiger partial charge in [-0.2, -0.15) is 0 Å². The third-order valence-electron chi connectivity index (χ3n) is 4.33. The summed E-state index contributed by atoms with van der Waals surface area (Å²) < 4.78 is 6.79. The predicted octanol–water partition coefficient (Wildman–Crippen LogP) is 5.44. The third kappa shape index (κ3) is 4.07. The van der Waals surface area contributed by atoms with E-state index in [2.05, 4.69) is 31.5 Å². The number of aryl methyl sites for hydroxylation is 1. The Kier molecular flexibility index (Phi) is 5.12. The molecule has 0 aliphatic rings. The average Bonchev–Trinajstić information content (AvgIpc) is 3.14. The number of para-hydroxylation sites is 1. The van der Waals surface area contributed by atoms with Crippen molar-refractivity contribution in [3.63, 3.8) is 0 Å². The monoisotopic (exact) mass is 435 g/mol. The van der Waals surface area contributed by atoms with Gasteiger partial charge in [-0.3, -0.25) is 4.79 Å². The molecular weight excluding hydrogens is 418 g/mol. The SMILES string of the molecule is Cc1ccc(NC(NC(=O)c2ccc(Br)cn2)c2cc3ccccc3o2)cc1. The van der Waals surface area contributed by atoms with Gasteiger partial charge >= 0.3 is 0 Å². The van der Waals surface area contributed by atoms with Crippen LogP contribution in [0.4, 0.5) is 5.69 Å². The van der Waals surface area contributed by atoms with Gasteiger partial charge in [-0.1, -0.05) is 35.9 Å². The Bertz CT molecular complexity index is 1070. The van der Waals surface area contributed by atoms with Gasteiger partial charge in [0.15, 0.2) is 6.17 Å². The minimum atomic E-state index is -0.548. The number of carbonyl (C=O) groups excluding carboxylic acids is 1. The standard InChI is InChI=1S/C22H18BrN3O2/c1-14-6-9-17(10-7-14)25-21(20-12-15-4-2-3-5-19(15)28-20)26-22(27)18-11-8-16(23)13-24-18/h2-13,21,25H,1H3,(H,26,27). The van der Waals surface area contributed by atoms with E-state index in [1.54, 1.807) is 18.3 Å². The number of aromatic nitrogens is 1. The lowest BCUT2D eigenvalue weighted by atomic mass is 10.2. The molecule has 0 aliphatic carbocycles. The molecule has 5 nitrogen and oxygen atoms in total. The molecule has 0 saturated carbocycles. The molecule has 1 unspecified atom stereocenters. The topological polar surface area (TPSA) is 67.2 Å². The zero-order valence-corrected chi connectivity index (χ0v) is 16.7. The number of hydrogen-bond acceptors (Lipinski definition) is 4. The Morgan fingerprint density at radius 2 is 1.86 bits per heavy atom. The molecule has 4 aromatic rings. The summed E-state index contributed by atoms with van der Waals surface area (Å²) in [6.07, 6.45) is 1.05. The van der Waals surface area contributed by atoms with Gasteiger partial charge < -0.3 is 15.1 Å². The average molecular weight is 436 g/mol. The largest absolute Gasteiger partial charge is 0.457 e. The molecule has 1 atom stereocenters. The normalized spacial score (nSPS) is 11.9. The van der Waals surface area contributed by atoms with E-state index in [1.165, 1.54) is 0 Å². The van der Waals surface area contributed by atoms with Crippen molar-refractivity contribution in [1.82, 2.24) is 10.3 Å². The minimum absolute atomic E-state index is 0.294. The third-order valence-corrected chi connectivity index (χ3v) is 4.80. The fraction of sp³-hybridized carbons (Fsp3) is 0.0909. The smallest absolute Gasteiger partial charge is 0.271 e. The highest BCUT2D eigenvalue weighted by molar-refractivity contribution is 9.10. The van der Waals surface area contributed by atoms with Gasteiger partial charge in [0.05, 0.1) is 0 Å². The molecule has 0 saturated heterocycles. The highest BCUT2D eigenvalue weighted by Crippen LogP contribution is 2.25. The zero-order valence-electron chi connectivity index (χ0n) is 15.1. The lowest BCUT2D eigenvalue weighted by Crippen LogP contribution is -2.33. The summed E-state index contributed by atoms with van der Waals surface area (Å²) >= 11 is 3.33. The Balaban J connectivity index is 1.64. The van der Waals surface area contributed by atoms with E-state index in [4.69, 9.17) is 4.42 Å². The van der Waals surface area contributed by atoms with Crippen LogP contribution in [0.15, 0.2) is 81.8 Å². The summed E-state index contributed by atoms with van der Waals surface area (Å²) in [5.74, 6) is 0.324. The fourth-order valence-corrected chi connectivity index (χ4v) is 3.09. The molecule has 1 amide bonds. The quantitative estimate of drug-likeness (QED) is 0.409. The Morgan fingerprint density at radius 1 is 1.07 bits per heavy atom. The van der Waals surface area contributed by atoms with Crippen molar-refractivity contribution in [2.45, 2.75) is 13.1 Å². The number of fused-ring (bicyclic) bond motifs is 1. The van der Waals surface area contributed by atoms with Crippen molar-refractivity contribution in [3.8, 4) is 0 Å². The second kappa shape index (κ2) is 7.86. The summed E-state index contributed by atoms with van der Waals surface area (Å²) in [6, 6.07) is 21.1. The molecule has 0 aliphatic heterocycles. The van der Waals surface area contributed by atoms with Crippen LogP contribution < -0.4 is 10.6 Å². The van der Waals surface area contributed by atoms with Crippen LogP contribution in [0.25, 0.3) is 11.0 Å². The summed E-state index contributed by atoms with van der Waals surface area (Å²) in [5.41, 5.74) is 3.13. The Labute approximate surface area is 170 Å². The van der Waals surface area contributed by atoms with E-state index < -0.39 is 6.17 Å². The van der Waals surface area contributed by atoms with E-state index in [9.17, 15) is 4.79 Å². The molecule has 0 bridgehead atoms. The van der Waals surface area contributed by atoms with E-state index in [0.29, 0.717) is 11.5 Å². The number of hydrogen-bond donors (Lipinski definition) is 2. The molecule has 0 fully saturated rings. The lowest BCUT2D eigenvalue weighted by molar-refractivity contribution is 0.0932. The second-order valence-electron chi connectivity index (χ2n) is 6.47. The van der Waals surface area contributed by atoms with E-state index in [0.717, 1.165) is 26.7 Å². The summed E-state index contributed by atoms with van der Waals surface area (Å²) in [5, 5.41) is 7.28. The maximum atomic E-state index is 12.7. The molecule has 140 valence electrons. The van der Waals surface area contributed by atoms with Gasteiger partial charge in [0, 0.05) is 21.7 Å². The molecule has 28 heavy (non-hydrogen) atoms. The molecule has 6 heteroatoms. The number of rotatable bonds is 5. The van der Waals surface area contributed by atoms with Gasteiger partial charge in [0.1, 0.15) is 17.0 Å². The van der Waals surface area contributed by atoms with Crippen LogP contribution >= 0.6 is 15.9 Å². The number of nitrogens with zero attached hydrogens (tertiary/aromatic N) is 1. The van der Waals surface area contributed by atoms with Crippen molar-refractivity contribution in [1.29, 1.82) is 0 Å². The molecule has 2 aromatic carbocycles. The molecule has 0 spiro atoms. The number of nitrogens with one attached hydrogen (secondary N) is 2. The van der Waals surface area contributed by atoms with Gasteiger partial charge in [0.2, 0.25) is 0 Å². The molecule has 4 rings (SSSR count). The van der Waals surface area contributed by atoms with Crippen LogP contribution in [-0.2, 0) is 0 Å². The number of furan rings is 1. The number of anilines is 1. The highest BCUT2D eigenvalue weighted by atomic mass is 79.9. The van der Waals surface area contributed by atoms with Crippen LogP contribution in [-0.4, -0.2) is 10.9 Å². The van der Waals surface area contributed by atoms with Crippen LogP contribution in [0.1, 0.15) is 28.0 Å². The van der Waals surface area contributed by atoms with Crippen molar-refractivity contribution in [2.75, 3.05) is 5.32 Å². The number of benzene rings is 2. The molecular formula is C22H18BrN3O2. The van der Waals surface area contributed by atoms with Crippen molar-refractivity contribution >= 4 is 38.5 Å². The zero-order chi connectivity index (χ0) is 19.5. The minimum Gasteiger partial charge on any atom is -0.457 e. The van der Waals surface area contributed by atoms with Crippen molar-refractivity contribution in [2.24, 2.45) is 0 Å². The molecule has 0 radical (unpaired) electrons. The van der Waals surface area contributed by atoms with Crippen LogP contribution in [0, 0.1) is 6.92 Å². The number of amides is 1.